The van der Waals surface area contributed by atoms with Crippen LogP contribution in [0.4, 0.5) is 0 Å². The molecule has 0 saturated heterocycles. The Balaban J connectivity index is 2.64. The Bertz CT molecular complexity index is 589. The Morgan fingerprint density at radius 3 is 2.62 bits per heavy atom. The molecule has 0 amide bonds. The van der Waals surface area contributed by atoms with E-state index in [-0.39, 0.29) is 10.6 Å². The maximum Gasteiger partial charge on any atom is 0.312 e. The predicted octanol–water partition coefficient (Wildman–Crippen LogP) is 0.899. The second-order valence-electron chi connectivity index (χ2n) is 3.51. The van der Waals surface area contributed by atoms with Gasteiger partial charge in [-0.25, -0.2) is 0 Å². The second-order valence-corrected chi connectivity index (χ2v) is 5.08. The highest BCUT2D eigenvalue weighted by Crippen LogP contribution is 2.28. The fraction of sp³-hybridized carbons (Fsp3) is 0.200. The van der Waals surface area contributed by atoms with Crippen molar-refractivity contribution < 1.29 is 18.3 Å². The van der Waals surface area contributed by atoms with E-state index in [1.165, 1.54) is 13.0 Å². The van der Waals surface area contributed by atoms with E-state index in [2.05, 4.69) is 4.40 Å². The Morgan fingerprint density at radius 1 is 1.38 bits per heavy atom. The van der Waals surface area contributed by atoms with Crippen molar-refractivity contribution in [1.29, 1.82) is 0 Å². The molecule has 0 spiro atoms. The van der Waals surface area contributed by atoms with Crippen molar-refractivity contribution in [3.8, 4) is 0 Å². The third-order valence-electron chi connectivity index (χ3n) is 2.44. The van der Waals surface area contributed by atoms with Crippen LogP contribution in [-0.4, -0.2) is 25.2 Å². The van der Waals surface area contributed by atoms with Gasteiger partial charge in [0.1, 0.15) is 0 Å². The van der Waals surface area contributed by atoms with E-state index < -0.39 is 21.9 Å². The van der Waals surface area contributed by atoms with Crippen LogP contribution in [0.1, 0.15) is 12.5 Å². The van der Waals surface area contributed by atoms with Crippen LogP contribution in [0.25, 0.3) is 0 Å². The van der Waals surface area contributed by atoms with Gasteiger partial charge in [-0.15, -0.1) is 0 Å². The number of fused-ring (bicyclic) bond motifs is 1. The second kappa shape index (κ2) is 3.41. The van der Waals surface area contributed by atoms with Crippen LogP contribution in [0.5, 0.6) is 0 Å². The fourth-order valence-corrected chi connectivity index (χ4v) is 2.88. The molecular formula is C10H9NO4S. The first kappa shape index (κ1) is 10.8. The highest BCUT2D eigenvalue weighted by atomic mass is 32.2. The van der Waals surface area contributed by atoms with E-state index in [9.17, 15) is 13.2 Å². The molecular weight excluding hydrogens is 230 g/mol. The number of hydrogen-bond donors (Lipinski definition) is 1. The van der Waals surface area contributed by atoms with E-state index in [0.29, 0.717) is 5.56 Å². The highest BCUT2D eigenvalue weighted by molar-refractivity contribution is 7.90. The Labute approximate surface area is 92.5 Å². The minimum atomic E-state index is -3.71. The molecule has 1 aliphatic heterocycles. The molecule has 1 aromatic rings. The summed E-state index contributed by atoms with van der Waals surface area (Å²) in [5, 5.41) is 8.86. The number of carboxylic acids is 1. The molecule has 0 bridgehead atoms. The predicted molar refractivity (Wildman–Crippen MR) is 57.0 cm³/mol. The zero-order valence-corrected chi connectivity index (χ0v) is 9.23. The van der Waals surface area contributed by atoms with Gasteiger partial charge in [0.05, 0.1) is 16.5 Å². The minimum absolute atomic E-state index is 0.0816. The van der Waals surface area contributed by atoms with Crippen molar-refractivity contribution >= 4 is 21.7 Å². The molecule has 1 heterocycles. The molecule has 6 heteroatoms. The minimum Gasteiger partial charge on any atom is -0.481 e. The van der Waals surface area contributed by atoms with Crippen molar-refractivity contribution in [3.63, 3.8) is 0 Å². The number of carboxylic acid groups (broad SMARTS) is 1. The van der Waals surface area contributed by atoms with Gasteiger partial charge in [-0.2, -0.15) is 12.8 Å². The summed E-state index contributed by atoms with van der Waals surface area (Å²) < 4.78 is 26.7. The molecule has 1 aromatic carbocycles. The maximum atomic E-state index is 11.6. The number of nitrogens with zero attached hydrogens (tertiary/aromatic N) is 1. The first-order chi connectivity index (χ1) is 7.43. The van der Waals surface area contributed by atoms with Gasteiger partial charge in [0.15, 0.2) is 0 Å². The summed E-state index contributed by atoms with van der Waals surface area (Å²) in [5.41, 5.74) is 0.487. The van der Waals surface area contributed by atoms with Crippen LogP contribution in [-0.2, 0) is 14.8 Å². The standard InChI is InChI=1S/C10H9NO4S/c1-6(10(12)13)9-7-4-2-3-5-8(7)16(14,15)11-9/h2-6H,1H3,(H,12,13). The molecule has 0 aromatic heterocycles. The number of carbonyl (C=O) groups is 1. The molecule has 0 fully saturated rings. The van der Waals surface area contributed by atoms with Crippen LogP contribution in [0, 0.1) is 5.92 Å². The SMILES string of the molecule is CC(C(=O)O)C1=NS(=O)(=O)c2ccccc21. The first-order valence-electron chi connectivity index (χ1n) is 4.60. The average molecular weight is 239 g/mol. The zero-order chi connectivity index (χ0) is 11.9. The summed E-state index contributed by atoms with van der Waals surface area (Å²) in [5.74, 6) is -2.02. The lowest BCUT2D eigenvalue weighted by Gasteiger charge is -2.05. The van der Waals surface area contributed by atoms with Crippen LogP contribution in [0.3, 0.4) is 0 Å². The number of rotatable bonds is 2. The number of hydrogen-bond acceptors (Lipinski definition) is 3. The third kappa shape index (κ3) is 1.51. The summed E-state index contributed by atoms with van der Waals surface area (Å²) in [4.78, 5) is 10.9. The molecule has 1 N–H and O–H groups in total. The van der Waals surface area contributed by atoms with Crippen molar-refractivity contribution in [1.82, 2.24) is 0 Å². The van der Waals surface area contributed by atoms with E-state index in [0.717, 1.165) is 0 Å². The topological polar surface area (TPSA) is 83.8 Å². The summed E-state index contributed by atoms with van der Waals surface area (Å²) in [6, 6.07) is 6.23. The smallest absolute Gasteiger partial charge is 0.312 e. The third-order valence-corrected chi connectivity index (χ3v) is 3.79. The number of sulfonamides is 1. The molecule has 2 rings (SSSR count). The van der Waals surface area contributed by atoms with Crippen LogP contribution >= 0.6 is 0 Å². The van der Waals surface area contributed by atoms with E-state index in [4.69, 9.17) is 5.11 Å². The molecule has 0 radical (unpaired) electrons. The molecule has 5 nitrogen and oxygen atoms in total. The maximum absolute atomic E-state index is 11.6. The lowest BCUT2D eigenvalue weighted by Crippen LogP contribution is -2.20. The van der Waals surface area contributed by atoms with Crippen molar-refractivity contribution in [3.05, 3.63) is 29.8 Å². The van der Waals surface area contributed by atoms with Crippen LogP contribution in [0.2, 0.25) is 0 Å². The molecule has 0 saturated carbocycles. The molecule has 1 atom stereocenters. The molecule has 84 valence electrons. The van der Waals surface area contributed by atoms with Gasteiger partial charge in [0.2, 0.25) is 0 Å². The summed E-state index contributed by atoms with van der Waals surface area (Å²) >= 11 is 0. The van der Waals surface area contributed by atoms with Crippen LogP contribution in [0.15, 0.2) is 33.6 Å². The quantitative estimate of drug-likeness (QED) is 0.831. The zero-order valence-electron chi connectivity index (χ0n) is 8.41. The molecule has 1 aliphatic rings. The molecule has 0 aliphatic carbocycles. The summed E-state index contributed by atoms with van der Waals surface area (Å²) in [7, 11) is -3.71. The normalized spacial score (nSPS) is 18.7. The van der Waals surface area contributed by atoms with Gasteiger partial charge in [-0.3, -0.25) is 4.79 Å². The summed E-state index contributed by atoms with van der Waals surface area (Å²) in [6.07, 6.45) is 0. The van der Waals surface area contributed by atoms with Gasteiger partial charge in [0, 0.05) is 5.56 Å². The number of aliphatic carboxylic acids is 1. The van der Waals surface area contributed by atoms with Crippen molar-refractivity contribution in [2.45, 2.75) is 11.8 Å². The fourth-order valence-electron chi connectivity index (χ4n) is 1.56. The Hall–Kier alpha value is -1.69. The van der Waals surface area contributed by atoms with E-state index >= 15 is 0 Å². The first-order valence-corrected chi connectivity index (χ1v) is 6.04. The van der Waals surface area contributed by atoms with Gasteiger partial charge < -0.3 is 5.11 Å². The van der Waals surface area contributed by atoms with Gasteiger partial charge in [0.25, 0.3) is 10.0 Å². The van der Waals surface area contributed by atoms with Gasteiger partial charge in [-0.05, 0) is 13.0 Å². The monoisotopic (exact) mass is 239 g/mol. The highest BCUT2D eigenvalue weighted by Gasteiger charge is 2.33. The Kier molecular flexibility index (Phi) is 2.31. The largest absolute Gasteiger partial charge is 0.481 e. The number of benzene rings is 1. The van der Waals surface area contributed by atoms with E-state index in [1.54, 1.807) is 18.2 Å². The van der Waals surface area contributed by atoms with Crippen molar-refractivity contribution in [2.75, 3.05) is 0 Å². The summed E-state index contributed by atoms with van der Waals surface area (Å²) in [6.45, 7) is 1.42. The van der Waals surface area contributed by atoms with E-state index in [1.807, 2.05) is 0 Å². The lowest BCUT2D eigenvalue weighted by atomic mass is 9.99. The van der Waals surface area contributed by atoms with Crippen LogP contribution < -0.4 is 0 Å². The van der Waals surface area contributed by atoms with Crippen molar-refractivity contribution in [2.24, 2.45) is 10.3 Å². The van der Waals surface area contributed by atoms with Gasteiger partial charge >= 0.3 is 5.97 Å². The molecule has 1 unspecified atom stereocenters. The Morgan fingerprint density at radius 2 is 2.00 bits per heavy atom. The molecule has 16 heavy (non-hydrogen) atoms. The van der Waals surface area contributed by atoms with Gasteiger partial charge in [-0.1, -0.05) is 18.2 Å². The lowest BCUT2D eigenvalue weighted by molar-refractivity contribution is -0.138. The average Bonchev–Trinajstić information content (AvgIpc) is 2.51.